The van der Waals surface area contributed by atoms with Crippen LogP contribution >= 0.6 is 0 Å². The van der Waals surface area contributed by atoms with Crippen molar-refractivity contribution < 1.29 is 18.3 Å². The molecular weight excluding hydrogens is 211 g/mol. The van der Waals surface area contributed by atoms with Crippen molar-refractivity contribution in [1.82, 2.24) is 15.3 Å². The van der Waals surface area contributed by atoms with Crippen molar-refractivity contribution >= 4 is 0 Å². The van der Waals surface area contributed by atoms with Crippen molar-refractivity contribution in [3.8, 4) is 0 Å². The molecule has 1 heterocycles. The zero-order valence-electron chi connectivity index (χ0n) is 7.70. The van der Waals surface area contributed by atoms with Gasteiger partial charge < -0.3 is 10.4 Å². The third kappa shape index (κ3) is 4.22. The summed E-state index contributed by atoms with van der Waals surface area (Å²) < 4.78 is 35.6. The second-order valence-corrected chi connectivity index (χ2v) is 2.89. The highest BCUT2D eigenvalue weighted by molar-refractivity contribution is 4.93. The molecule has 84 valence electrons. The number of aromatic nitrogens is 2. The zero-order chi connectivity index (χ0) is 11.3. The van der Waals surface area contributed by atoms with E-state index in [1.807, 2.05) is 0 Å². The topological polar surface area (TPSA) is 58.0 Å². The van der Waals surface area contributed by atoms with Crippen LogP contribution in [-0.2, 0) is 6.54 Å². The van der Waals surface area contributed by atoms with E-state index in [9.17, 15) is 13.2 Å². The summed E-state index contributed by atoms with van der Waals surface area (Å²) >= 11 is 0. The van der Waals surface area contributed by atoms with E-state index in [-0.39, 0.29) is 6.54 Å². The summed E-state index contributed by atoms with van der Waals surface area (Å²) in [5, 5.41) is 11.1. The van der Waals surface area contributed by atoms with Gasteiger partial charge in [-0.25, -0.2) is 0 Å². The maximum absolute atomic E-state index is 11.9. The van der Waals surface area contributed by atoms with Crippen LogP contribution in [0.5, 0.6) is 0 Å². The lowest BCUT2D eigenvalue weighted by Crippen LogP contribution is -2.38. The van der Waals surface area contributed by atoms with Crippen LogP contribution in [-0.4, -0.2) is 33.9 Å². The lowest BCUT2D eigenvalue weighted by molar-refractivity contribution is -0.201. The second-order valence-electron chi connectivity index (χ2n) is 2.89. The minimum atomic E-state index is -4.59. The lowest BCUT2D eigenvalue weighted by atomic mass is 10.3. The number of hydrogen-bond acceptors (Lipinski definition) is 4. The maximum Gasteiger partial charge on any atom is 0.415 e. The molecule has 0 saturated heterocycles. The molecule has 7 heteroatoms. The van der Waals surface area contributed by atoms with E-state index in [4.69, 9.17) is 5.11 Å². The van der Waals surface area contributed by atoms with Gasteiger partial charge in [-0.3, -0.25) is 9.97 Å². The van der Waals surface area contributed by atoms with Gasteiger partial charge in [0, 0.05) is 31.7 Å². The Labute approximate surface area is 84.2 Å². The molecule has 0 aliphatic heterocycles. The van der Waals surface area contributed by atoms with Gasteiger partial charge in [0.05, 0.1) is 5.69 Å². The minimum Gasteiger partial charge on any atom is -0.382 e. The molecule has 0 radical (unpaired) electrons. The van der Waals surface area contributed by atoms with E-state index >= 15 is 0 Å². The van der Waals surface area contributed by atoms with Gasteiger partial charge in [0.2, 0.25) is 0 Å². The molecule has 2 N–H and O–H groups in total. The van der Waals surface area contributed by atoms with Gasteiger partial charge in [0.1, 0.15) is 0 Å². The van der Waals surface area contributed by atoms with Crippen molar-refractivity contribution in [2.75, 3.05) is 6.54 Å². The number of nitrogens with one attached hydrogen (secondary N) is 1. The fourth-order valence-corrected chi connectivity index (χ4v) is 0.874. The van der Waals surface area contributed by atoms with Crippen LogP contribution in [0.15, 0.2) is 18.6 Å². The summed E-state index contributed by atoms with van der Waals surface area (Å²) in [5.41, 5.74) is 0.520. The van der Waals surface area contributed by atoms with E-state index < -0.39 is 18.8 Å². The summed E-state index contributed by atoms with van der Waals surface area (Å²) in [6.07, 6.45) is -2.60. The number of aliphatic hydroxyl groups excluding tert-OH is 1. The smallest absolute Gasteiger partial charge is 0.382 e. The van der Waals surface area contributed by atoms with Crippen LogP contribution in [0, 0.1) is 0 Å². The molecule has 0 amide bonds. The van der Waals surface area contributed by atoms with Crippen LogP contribution < -0.4 is 5.32 Å². The standard InChI is InChI=1S/C8H10F3N3O/c9-8(10,11)7(15)5-13-4-6-3-12-1-2-14-6/h1-3,7,13,15H,4-5H2. The maximum atomic E-state index is 11.9. The summed E-state index contributed by atoms with van der Waals surface area (Å²) in [5.74, 6) is 0. The van der Waals surface area contributed by atoms with E-state index in [1.165, 1.54) is 18.6 Å². The first-order chi connectivity index (χ1) is 7.00. The zero-order valence-corrected chi connectivity index (χ0v) is 7.70. The molecule has 0 aliphatic carbocycles. The Kier molecular flexibility index (Phi) is 3.98. The van der Waals surface area contributed by atoms with E-state index in [2.05, 4.69) is 15.3 Å². The van der Waals surface area contributed by atoms with Crippen molar-refractivity contribution in [2.24, 2.45) is 0 Å². The first-order valence-electron chi connectivity index (χ1n) is 4.20. The molecule has 4 nitrogen and oxygen atoms in total. The SMILES string of the molecule is OC(CNCc1cnccn1)C(F)(F)F. The van der Waals surface area contributed by atoms with Gasteiger partial charge in [-0.1, -0.05) is 0 Å². The molecule has 1 aromatic rings. The molecule has 0 aliphatic rings. The molecular formula is C8H10F3N3O. The highest BCUT2D eigenvalue weighted by atomic mass is 19.4. The molecule has 1 rings (SSSR count). The Bertz CT molecular complexity index is 291. The van der Waals surface area contributed by atoms with Crippen molar-refractivity contribution in [2.45, 2.75) is 18.8 Å². The van der Waals surface area contributed by atoms with Gasteiger partial charge >= 0.3 is 6.18 Å². The van der Waals surface area contributed by atoms with Crippen molar-refractivity contribution in [3.05, 3.63) is 24.3 Å². The summed E-state index contributed by atoms with van der Waals surface area (Å²) in [6, 6.07) is 0. The van der Waals surface area contributed by atoms with Crippen LogP contribution in [0.25, 0.3) is 0 Å². The fraction of sp³-hybridized carbons (Fsp3) is 0.500. The van der Waals surface area contributed by atoms with E-state index in [0.29, 0.717) is 5.69 Å². The number of alkyl halides is 3. The third-order valence-corrected chi connectivity index (χ3v) is 1.64. The predicted molar refractivity (Wildman–Crippen MR) is 45.8 cm³/mol. The average Bonchev–Trinajstić information content (AvgIpc) is 2.18. The van der Waals surface area contributed by atoms with Crippen molar-refractivity contribution in [1.29, 1.82) is 0 Å². The third-order valence-electron chi connectivity index (χ3n) is 1.64. The second kappa shape index (κ2) is 5.04. The van der Waals surface area contributed by atoms with Gasteiger partial charge in [-0.2, -0.15) is 13.2 Å². The first kappa shape index (κ1) is 11.9. The van der Waals surface area contributed by atoms with Crippen LogP contribution in [0.3, 0.4) is 0 Å². The van der Waals surface area contributed by atoms with Gasteiger partial charge in [0.15, 0.2) is 6.10 Å². The van der Waals surface area contributed by atoms with Gasteiger partial charge in [-0.15, -0.1) is 0 Å². The van der Waals surface area contributed by atoms with E-state index in [0.717, 1.165) is 0 Å². The molecule has 1 atom stereocenters. The van der Waals surface area contributed by atoms with Crippen LogP contribution in [0.1, 0.15) is 5.69 Å². The average molecular weight is 221 g/mol. The number of hydrogen-bond donors (Lipinski definition) is 2. The quantitative estimate of drug-likeness (QED) is 0.776. The number of halogens is 3. The Morgan fingerprint density at radius 1 is 1.40 bits per heavy atom. The fourth-order valence-electron chi connectivity index (χ4n) is 0.874. The molecule has 1 aromatic heterocycles. The first-order valence-corrected chi connectivity index (χ1v) is 4.20. The highest BCUT2D eigenvalue weighted by Gasteiger charge is 2.37. The molecule has 0 bridgehead atoms. The Hall–Kier alpha value is -1.21. The van der Waals surface area contributed by atoms with Crippen molar-refractivity contribution in [3.63, 3.8) is 0 Å². The van der Waals surface area contributed by atoms with Crippen LogP contribution in [0.2, 0.25) is 0 Å². The Balaban J connectivity index is 2.28. The number of aliphatic hydroxyl groups is 1. The highest BCUT2D eigenvalue weighted by Crippen LogP contribution is 2.19. The Morgan fingerprint density at radius 3 is 2.67 bits per heavy atom. The van der Waals surface area contributed by atoms with Gasteiger partial charge in [-0.05, 0) is 0 Å². The normalized spacial score (nSPS) is 13.9. The molecule has 0 fully saturated rings. The van der Waals surface area contributed by atoms with Gasteiger partial charge in [0.25, 0.3) is 0 Å². The summed E-state index contributed by atoms with van der Waals surface area (Å²) in [6.45, 7) is -0.416. The van der Waals surface area contributed by atoms with Crippen LogP contribution in [0.4, 0.5) is 13.2 Å². The number of nitrogens with zero attached hydrogens (tertiary/aromatic N) is 2. The number of rotatable bonds is 4. The summed E-state index contributed by atoms with van der Waals surface area (Å²) in [4.78, 5) is 7.59. The molecule has 0 aromatic carbocycles. The Morgan fingerprint density at radius 2 is 2.13 bits per heavy atom. The predicted octanol–water partition coefficient (Wildman–Crippen LogP) is 0.489. The van der Waals surface area contributed by atoms with E-state index in [1.54, 1.807) is 0 Å². The molecule has 1 unspecified atom stereocenters. The summed E-state index contributed by atoms with van der Waals surface area (Å²) in [7, 11) is 0. The minimum absolute atomic E-state index is 0.140. The largest absolute Gasteiger partial charge is 0.415 e. The molecule has 15 heavy (non-hydrogen) atoms. The lowest BCUT2D eigenvalue weighted by Gasteiger charge is -2.14. The molecule has 0 saturated carbocycles. The molecule has 0 spiro atoms. The monoisotopic (exact) mass is 221 g/mol.